The quantitative estimate of drug-likeness (QED) is 0.796. The van der Waals surface area contributed by atoms with Crippen molar-refractivity contribution in [1.29, 1.82) is 0 Å². The molecular weight excluding hydrogens is 296 g/mol. The van der Waals surface area contributed by atoms with Crippen molar-refractivity contribution in [3.05, 3.63) is 47.6 Å². The summed E-state index contributed by atoms with van der Waals surface area (Å²) in [6.45, 7) is 1.86. The minimum atomic E-state index is -0.976. The molecule has 0 radical (unpaired) electrons. The number of carbonyl (C=O) groups is 1. The SMILES string of the molecule is Cc1ccc(-c2ccnc(-n3ncc(C(=O)O)c3C3CC3)n2)o1. The van der Waals surface area contributed by atoms with E-state index in [2.05, 4.69) is 15.1 Å². The van der Waals surface area contributed by atoms with Crippen LogP contribution in [0, 0.1) is 6.92 Å². The summed E-state index contributed by atoms with van der Waals surface area (Å²) >= 11 is 0. The number of hydrogen-bond acceptors (Lipinski definition) is 5. The molecule has 1 fully saturated rings. The summed E-state index contributed by atoms with van der Waals surface area (Å²) in [5, 5.41) is 13.5. The summed E-state index contributed by atoms with van der Waals surface area (Å²) in [6, 6.07) is 5.46. The number of carboxylic acids is 1. The molecule has 116 valence electrons. The van der Waals surface area contributed by atoms with Crippen molar-refractivity contribution < 1.29 is 14.3 Å². The fourth-order valence-electron chi connectivity index (χ4n) is 2.59. The van der Waals surface area contributed by atoms with Gasteiger partial charge in [-0.15, -0.1) is 0 Å². The number of carboxylic acid groups (broad SMARTS) is 1. The standard InChI is InChI=1S/C16H14N4O3/c1-9-2-5-13(23-9)12-6-7-17-16(19-12)20-14(10-3-4-10)11(8-18-20)15(21)22/h2,5-8,10H,3-4H2,1H3,(H,21,22). The summed E-state index contributed by atoms with van der Waals surface area (Å²) in [5.41, 5.74) is 1.53. The molecule has 7 heteroatoms. The van der Waals surface area contributed by atoms with E-state index in [0.717, 1.165) is 18.6 Å². The summed E-state index contributed by atoms with van der Waals surface area (Å²) in [4.78, 5) is 20.1. The molecule has 0 unspecified atom stereocenters. The van der Waals surface area contributed by atoms with Crippen molar-refractivity contribution >= 4 is 5.97 Å². The first-order valence-electron chi connectivity index (χ1n) is 7.35. The maximum atomic E-state index is 11.4. The average Bonchev–Trinajstić information content (AvgIpc) is 3.12. The monoisotopic (exact) mass is 310 g/mol. The normalized spacial score (nSPS) is 14.1. The molecule has 1 aliphatic rings. The largest absolute Gasteiger partial charge is 0.478 e. The van der Waals surface area contributed by atoms with E-state index in [1.807, 2.05) is 19.1 Å². The zero-order valence-electron chi connectivity index (χ0n) is 12.4. The summed E-state index contributed by atoms with van der Waals surface area (Å²) in [7, 11) is 0. The van der Waals surface area contributed by atoms with Crippen LogP contribution in [0.25, 0.3) is 17.4 Å². The van der Waals surface area contributed by atoms with E-state index in [9.17, 15) is 9.90 Å². The Morgan fingerprint density at radius 2 is 2.17 bits per heavy atom. The molecule has 0 saturated heterocycles. The highest BCUT2D eigenvalue weighted by atomic mass is 16.4. The van der Waals surface area contributed by atoms with Gasteiger partial charge in [-0.3, -0.25) is 0 Å². The van der Waals surface area contributed by atoms with Gasteiger partial charge in [-0.1, -0.05) is 0 Å². The minimum absolute atomic E-state index is 0.210. The van der Waals surface area contributed by atoms with Gasteiger partial charge < -0.3 is 9.52 Å². The van der Waals surface area contributed by atoms with Crippen molar-refractivity contribution in [2.24, 2.45) is 0 Å². The predicted octanol–water partition coefficient (Wildman–Crippen LogP) is 2.81. The first kappa shape index (κ1) is 13.7. The zero-order chi connectivity index (χ0) is 16.0. The lowest BCUT2D eigenvalue weighted by atomic mass is 10.2. The van der Waals surface area contributed by atoms with Crippen LogP contribution in [0.2, 0.25) is 0 Å². The van der Waals surface area contributed by atoms with Gasteiger partial charge in [0.25, 0.3) is 5.95 Å². The lowest BCUT2D eigenvalue weighted by molar-refractivity contribution is 0.0695. The molecule has 3 aromatic heterocycles. The van der Waals surface area contributed by atoms with E-state index in [0.29, 0.717) is 23.1 Å². The Labute approximate surface area is 131 Å². The Bertz CT molecular complexity index is 892. The Hall–Kier alpha value is -2.96. The van der Waals surface area contributed by atoms with Gasteiger partial charge in [-0.25, -0.2) is 19.4 Å². The predicted molar refractivity (Wildman–Crippen MR) is 80.5 cm³/mol. The van der Waals surface area contributed by atoms with Crippen molar-refractivity contribution in [2.75, 3.05) is 0 Å². The molecule has 1 aliphatic carbocycles. The highest BCUT2D eigenvalue weighted by Gasteiger charge is 2.33. The summed E-state index contributed by atoms with van der Waals surface area (Å²) in [5.74, 6) is 1.03. The molecule has 23 heavy (non-hydrogen) atoms. The molecule has 0 aromatic carbocycles. The molecule has 0 spiro atoms. The molecule has 0 atom stereocenters. The van der Waals surface area contributed by atoms with Crippen LogP contribution >= 0.6 is 0 Å². The molecule has 3 heterocycles. The smallest absolute Gasteiger partial charge is 0.339 e. The topological polar surface area (TPSA) is 94.0 Å². The number of aromatic nitrogens is 4. The number of rotatable bonds is 4. The Kier molecular flexibility index (Phi) is 3.00. The third-order valence-corrected chi connectivity index (χ3v) is 3.83. The van der Waals surface area contributed by atoms with E-state index >= 15 is 0 Å². The number of hydrogen-bond donors (Lipinski definition) is 1. The van der Waals surface area contributed by atoms with Gasteiger partial charge >= 0.3 is 5.97 Å². The third kappa shape index (κ3) is 2.40. The minimum Gasteiger partial charge on any atom is -0.478 e. The number of nitrogens with zero attached hydrogens (tertiary/aromatic N) is 4. The van der Waals surface area contributed by atoms with Gasteiger partial charge in [0.2, 0.25) is 0 Å². The van der Waals surface area contributed by atoms with Gasteiger partial charge in [0.1, 0.15) is 17.0 Å². The van der Waals surface area contributed by atoms with Crippen LogP contribution in [-0.2, 0) is 0 Å². The number of furan rings is 1. The van der Waals surface area contributed by atoms with Crippen molar-refractivity contribution in [3.63, 3.8) is 0 Å². The second-order valence-electron chi connectivity index (χ2n) is 5.59. The van der Waals surface area contributed by atoms with Crippen LogP contribution in [0.3, 0.4) is 0 Å². The molecular formula is C16H14N4O3. The van der Waals surface area contributed by atoms with E-state index in [4.69, 9.17) is 4.42 Å². The van der Waals surface area contributed by atoms with Gasteiger partial charge in [-0.05, 0) is 38.0 Å². The van der Waals surface area contributed by atoms with E-state index < -0.39 is 5.97 Å². The van der Waals surface area contributed by atoms with Crippen LogP contribution in [-0.4, -0.2) is 30.8 Å². The third-order valence-electron chi connectivity index (χ3n) is 3.83. The number of aryl methyl sites for hydroxylation is 1. The van der Waals surface area contributed by atoms with E-state index in [-0.39, 0.29) is 11.5 Å². The maximum absolute atomic E-state index is 11.4. The lowest BCUT2D eigenvalue weighted by Crippen LogP contribution is -2.09. The highest BCUT2D eigenvalue weighted by molar-refractivity contribution is 5.89. The zero-order valence-corrected chi connectivity index (χ0v) is 12.4. The van der Waals surface area contributed by atoms with Crippen LogP contribution in [0.1, 0.15) is 40.6 Å². The van der Waals surface area contributed by atoms with Gasteiger partial charge in [0.05, 0.1) is 11.9 Å². The van der Waals surface area contributed by atoms with Gasteiger partial charge in [0.15, 0.2) is 5.76 Å². The fourth-order valence-corrected chi connectivity index (χ4v) is 2.59. The molecule has 7 nitrogen and oxygen atoms in total. The molecule has 1 saturated carbocycles. The molecule has 0 aliphatic heterocycles. The van der Waals surface area contributed by atoms with Gasteiger partial charge in [0, 0.05) is 12.1 Å². The second kappa shape index (κ2) is 5.05. The molecule has 0 amide bonds. The molecule has 3 aromatic rings. The summed E-state index contributed by atoms with van der Waals surface area (Å²) < 4.78 is 7.11. The fraction of sp³-hybridized carbons (Fsp3) is 0.250. The number of aromatic carboxylic acids is 1. The van der Waals surface area contributed by atoms with Crippen LogP contribution in [0.5, 0.6) is 0 Å². The van der Waals surface area contributed by atoms with Crippen LogP contribution in [0.15, 0.2) is 35.0 Å². The lowest BCUT2D eigenvalue weighted by Gasteiger charge is -2.06. The van der Waals surface area contributed by atoms with Crippen LogP contribution < -0.4 is 0 Å². The van der Waals surface area contributed by atoms with E-state index in [1.165, 1.54) is 10.9 Å². The van der Waals surface area contributed by atoms with Crippen molar-refractivity contribution in [1.82, 2.24) is 19.7 Å². The second-order valence-corrected chi connectivity index (χ2v) is 5.59. The highest BCUT2D eigenvalue weighted by Crippen LogP contribution is 2.42. The van der Waals surface area contributed by atoms with E-state index in [1.54, 1.807) is 12.3 Å². The van der Waals surface area contributed by atoms with Crippen molar-refractivity contribution in [2.45, 2.75) is 25.7 Å². The molecule has 4 rings (SSSR count). The Balaban J connectivity index is 1.81. The average molecular weight is 310 g/mol. The van der Waals surface area contributed by atoms with Gasteiger partial charge in [-0.2, -0.15) is 5.10 Å². The molecule has 1 N–H and O–H groups in total. The maximum Gasteiger partial charge on any atom is 0.339 e. The molecule has 0 bridgehead atoms. The first-order valence-corrected chi connectivity index (χ1v) is 7.35. The van der Waals surface area contributed by atoms with Crippen LogP contribution in [0.4, 0.5) is 0 Å². The first-order chi connectivity index (χ1) is 11.1. The Morgan fingerprint density at radius 3 is 2.83 bits per heavy atom. The summed E-state index contributed by atoms with van der Waals surface area (Å²) in [6.07, 6.45) is 4.91. The van der Waals surface area contributed by atoms with Crippen molar-refractivity contribution in [3.8, 4) is 17.4 Å². The Morgan fingerprint density at radius 1 is 1.35 bits per heavy atom.